The Kier molecular flexibility index (Phi) is 3.70. The minimum absolute atomic E-state index is 0.188. The van der Waals surface area contributed by atoms with E-state index in [-0.39, 0.29) is 5.78 Å². The van der Waals surface area contributed by atoms with Gasteiger partial charge in [0.25, 0.3) is 0 Å². The Morgan fingerprint density at radius 2 is 2.06 bits per heavy atom. The summed E-state index contributed by atoms with van der Waals surface area (Å²) in [5, 5.41) is 0. The number of Topliss-reactive ketones (excluding diaryl/α,β-unsaturated/α-hetero) is 1. The molecule has 1 fully saturated rings. The Morgan fingerprint density at radius 1 is 1.28 bits per heavy atom. The molecule has 1 aromatic carbocycles. The van der Waals surface area contributed by atoms with Crippen molar-refractivity contribution in [1.29, 1.82) is 0 Å². The molecule has 0 saturated heterocycles. The molecule has 0 aromatic heterocycles. The molecule has 2 rings (SSSR count). The molecule has 0 heterocycles. The fourth-order valence-corrected chi connectivity index (χ4v) is 2.42. The second kappa shape index (κ2) is 5.25. The first-order valence-corrected chi connectivity index (χ1v) is 6.08. The van der Waals surface area contributed by atoms with Crippen LogP contribution >= 0.6 is 0 Å². The number of benzene rings is 1. The highest BCUT2D eigenvalue weighted by Gasteiger charge is 2.25. The van der Waals surface area contributed by atoms with Crippen LogP contribution in [-0.2, 0) is 4.79 Å². The van der Waals surface area contributed by atoms with Crippen molar-refractivity contribution >= 4 is 5.78 Å². The number of ketones is 1. The lowest BCUT2D eigenvalue weighted by Crippen LogP contribution is -2.15. The maximum atomic E-state index is 11.5. The Hall–Kier alpha value is -1.77. The lowest BCUT2D eigenvalue weighted by Gasteiger charge is -2.25. The van der Waals surface area contributed by atoms with Gasteiger partial charge in [-0.15, -0.1) is 0 Å². The van der Waals surface area contributed by atoms with E-state index in [2.05, 4.69) is 6.58 Å². The first-order valence-electron chi connectivity index (χ1n) is 6.08. The van der Waals surface area contributed by atoms with Crippen molar-refractivity contribution in [1.82, 2.24) is 0 Å². The molecule has 0 spiro atoms. The molecule has 1 saturated carbocycles. The Bertz CT molecular complexity index is 477. The predicted molar refractivity (Wildman–Crippen MR) is 70.3 cm³/mol. The number of ether oxygens (including phenoxy) is 2. The zero-order valence-electron chi connectivity index (χ0n) is 10.9. The Labute approximate surface area is 107 Å². The SMILES string of the molecule is C=C1CC(c2cc(OC)ccc2OC)CCC1=O. The van der Waals surface area contributed by atoms with Gasteiger partial charge in [0.05, 0.1) is 14.2 Å². The van der Waals surface area contributed by atoms with Crippen LogP contribution in [0.5, 0.6) is 11.5 Å². The van der Waals surface area contributed by atoms with Gasteiger partial charge in [-0.3, -0.25) is 4.79 Å². The average Bonchev–Trinajstić information content (AvgIpc) is 2.41. The van der Waals surface area contributed by atoms with E-state index in [1.54, 1.807) is 14.2 Å². The Balaban J connectivity index is 2.31. The quantitative estimate of drug-likeness (QED) is 0.769. The minimum Gasteiger partial charge on any atom is -0.497 e. The van der Waals surface area contributed by atoms with Gasteiger partial charge in [0.2, 0.25) is 0 Å². The zero-order chi connectivity index (χ0) is 13.1. The second-order valence-electron chi connectivity index (χ2n) is 4.57. The van der Waals surface area contributed by atoms with E-state index in [9.17, 15) is 4.79 Å². The van der Waals surface area contributed by atoms with Crippen LogP contribution in [0.1, 0.15) is 30.7 Å². The molecule has 1 atom stereocenters. The summed E-state index contributed by atoms with van der Waals surface area (Å²) >= 11 is 0. The molecular formula is C15H18O3. The van der Waals surface area contributed by atoms with Crippen molar-refractivity contribution in [3.8, 4) is 11.5 Å². The van der Waals surface area contributed by atoms with Crippen LogP contribution in [0, 0.1) is 0 Å². The molecule has 3 nitrogen and oxygen atoms in total. The molecule has 0 aliphatic heterocycles. The van der Waals surface area contributed by atoms with Crippen molar-refractivity contribution in [2.45, 2.75) is 25.2 Å². The molecule has 96 valence electrons. The number of hydrogen-bond donors (Lipinski definition) is 0. The van der Waals surface area contributed by atoms with Crippen molar-refractivity contribution < 1.29 is 14.3 Å². The maximum absolute atomic E-state index is 11.5. The van der Waals surface area contributed by atoms with Gasteiger partial charge in [-0.05, 0) is 42.5 Å². The fraction of sp³-hybridized carbons (Fsp3) is 0.400. The highest BCUT2D eigenvalue weighted by molar-refractivity contribution is 5.95. The normalized spacial score (nSPS) is 19.8. The van der Waals surface area contributed by atoms with Gasteiger partial charge in [0, 0.05) is 12.0 Å². The number of hydrogen-bond acceptors (Lipinski definition) is 3. The Morgan fingerprint density at radius 3 is 2.67 bits per heavy atom. The summed E-state index contributed by atoms with van der Waals surface area (Å²) in [6.07, 6.45) is 2.13. The number of allylic oxidation sites excluding steroid dienone is 1. The average molecular weight is 246 g/mol. The number of carbonyl (C=O) groups excluding carboxylic acids is 1. The molecular weight excluding hydrogens is 228 g/mol. The van der Waals surface area contributed by atoms with Crippen molar-refractivity contribution in [3.05, 3.63) is 35.9 Å². The lowest BCUT2D eigenvalue weighted by molar-refractivity contribution is -0.116. The predicted octanol–water partition coefficient (Wildman–Crippen LogP) is 3.10. The molecule has 1 aromatic rings. The van der Waals surface area contributed by atoms with E-state index < -0.39 is 0 Å². The molecule has 0 N–H and O–H groups in total. The monoisotopic (exact) mass is 246 g/mol. The van der Waals surface area contributed by atoms with E-state index in [1.807, 2.05) is 18.2 Å². The van der Waals surface area contributed by atoms with E-state index in [0.29, 0.717) is 18.8 Å². The highest BCUT2D eigenvalue weighted by Crippen LogP contribution is 2.39. The first kappa shape index (κ1) is 12.7. The van der Waals surface area contributed by atoms with Crippen LogP contribution in [0.4, 0.5) is 0 Å². The molecule has 18 heavy (non-hydrogen) atoms. The van der Waals surface area contributed by atoms with Crippen LogP contribution in [0.15, 0.2) is 30.4 Å². The third-order valence-corrected chi connectivity index (χ3v) is 3.48. The molecule has 1 aliphatic rings. The summed E-state index contributed by atoms with van der Waals surface area (Å²) < 4.78 is 10.6. The summed E-state index contributed by atoms with van der Waals surface area (Å²) in [4.78, 5) is 11.5. The molecule has 0 amide bonds. The number of rotatable bonds is 3. The van der Waals surface area contributed by atoms with Crippen LogP contribution in [-0.4, -0.2) is 20.0 Å². The van der Waals surface area contributed by atoms with Crippen molar-refractivity contribution in [2.75, 3.05) is 14.2 Å². The summed E-state index contributed by atoms with van der Waals surface area (Å²) in [6, 6.07) is 5.78. The summed E-state index contributed by atoms with van der Waals surface area (Å²) in [6.45, 7) is 3.85. The van der Waals surface area contributed by atoms with Gasteiger partial charge in [-0.2, -0.15) is 0 Å². The maximum Gasteiger partial charge on any atom is 0.158 e. The van der Waals surface area contributed by atoms with Gasteiger partial charge in [-0.1, -0.05) is 6.58 Å². The summed E-state index contributed by atoms with van der Waals surface area (Å²) in [5.74, 6) is 2.14. The summed E-state index contributed by atoms with van der Waals surface area (Å²) in [5.41, 5.74) is 1.82. The van der Waals surface area contributed by atoms with Gasteiger partial charge < -0.3 is 9.47 Å². The lowest BCUT2D eigenvalue weighted by atomic mass is 9.81. The smallest absolute Gasteiger partial charge is 0.158 e. The molecule has 0 radical (unpaired) electrons. The fourth-order valence-electron chi connectivity index (χ4n) is 2.42. The van der Waals surface area contributed by atoms with Gasteiger partial charge in [0.1, 0.15) is 11.5 Å². The van der Waals surface area contributed by atoms with Gasteiger partial charge >= 0.3 is 0 Å². The second-order valence-corrected chi connectivity index (χ2v) is 4.57. The van der Waals surface area contributed by atoms with Gasteiger partial charge in [-0.25, -0.2) is 0 Å². The van der Waals surface area contributed by atoms with Crippen LogP contribution < -0.4 is 9.47 Å². The van der Waals surface area contributed by atoms with Crippen LogP contribution in [0.2, 0.25) is 0 Å². The van der Waals surface area contributed by atoms with Crippen LogP contribution in [0.3, 0.4) is 0 Å². The van der Waals surface area contributed by atoms with Crippen molar-refractivity contribution in [2.24, 2.45) is 0 Å². The highest BCUT2D eigenvalue weighted by atomic mass is 16.5. The van der Waals surface area contributed by atoms with E-state index >= 15 is 0 Å². The van der Waals surface area contributed by atoms with E-state index in [4.69, 9.17) is 9.47 Å². The number of carbonyl (C=O) groups is 1. The molecule has 1 aliphatic carbocycles. The number of methoxy groups -OCH3 is 2. The van der Waals surface area contributed by atoms with Crippen LogP contribution in [0.25, 0.3) is 0 Å². The zero-order valence-corrected chi connectivity index (χ0v) is 10.9. The molecule has 0 bridgehead atoms. The largest absolute Gasteiger partial charge is 0.497 e. The third-order valence-electron chi connectivity index (χ3n) is 3.48. The minimum atomic E-state index is 0.188. The first-order chi connectivity index (χ1) is 8.65. The topological polar surface area (TPSA) is 35.5 Å². The van der Waals surface area contributed by atoms with E-state index in [1.165, 1.54) is 0 Å². The van der Waals surface area contributed by atoms with Crippen molar-refractivity contribution in [3.63, 3.8) is 0 Å². The van der Waals surface area contributed by atoms with Gasteiger partial charge in [0.15, 0.2) is 5.78 Å². The molecule has 3 heteroatoms. The third kappa shape index (κ3) is 2.40. The van der Waals surface area contributed by atoms with E-state index in [0.717, 1.165) is 29.1 Å². The summed E-state index contributed by atoms with van der Waals surface area (Å²) in [7, 11) is 3.31. The standard InChI is InChI=1S/C15H18O3/c1-10-8-11(4-6-14(10)16)13-9-12(17-2)5-7-15(13)18-3/h5,7,9,11H,1,4,6,8H2,2-3H3. The molecule has 1 unspecified atom stereocenters.